The lowest BCUT2D eigenvalue weighted by Gasteiger charge is -2.03. The number of hydrogen-bond donors (Lipinski definition) is 0. The molecule has 0 bridgehead atoms. The van der Waals surface area contributed by atoms with E-state index in [1.54, 1.807) is 13.2 Å². The third-order valence-corrected chi connectivity index (χ3v) is 3.23. The van der Waals surface area contributed by atoms with Gasteiger partial charge in [0.05, 0.1) is 17.1 Å². The molecule has 0 N–H and O–H groups in total. The summed E-state index contributed by atoms with van der Waals surface area (Å²) in [5, 5.41) is 4.76. The molecule has 18 heavy (non-hydrogen) atoms. The van der Waals surface area contributed by atoms with Crippen LogP contribution in [-0.4, -0.2) is 14.3 Å². The summed E-state index contributed by atoms with van der Waals surface area (Å²) in [6, 6.07) is 12.0. The minimum absolute atomic E-state index is 0.0646. The van der Waals surface area contributed by atoms with Crippen molar-refractivity contribution in [2.45, 2.75) is 0 Å². The first-order valence-corrected chi connectivity index (χ1v) is 5.75. The van der Waals surface area contributed by atoms with E-state index in [0.29, 0.717) is 5.39 Å². The normalized spacial score (nSPS) is 11.0. The second-order valence-electron chi connectivity index (χ2n) is 4.33. The van der Waals surface area contributed by atoms with Gasteiger partial charge in [-0.3, -0.25) is 4.79 Å². The Labute approximate surface area is 104 Å². The molecular weight excluding hydrogens is 226 g/mol. The monoisotopic (exact) mass is 239 g/mol. The molecule has 0 unspecified atom stereocenters. The van der Waals surface area contributed by atoms with E-state index in [-0.39, 0.29) is 5.56 Å². The lowest BCUT2D eigenvalue weighted by atomic mass is 10.1. The Morgan fingerprint density at radius 3 is 2.56 bits per heavy atom. The highest BCUT2D eigenvalue weighted by Gasteiger charge is 2.11. The first-order chi connectivity index (χ1) is 8.68. The first kappa shape index (κ1) is 10.8. The fourth-order valence-electron chi connectivity index (χ4n) is 2.20. The molecule has 4 heteroatoms. The van der Waals surface area contributed by atoms with Crippen LogP contribution in [0.5, 0.6) is 0 Å². The molecule has 4 nitrogen and oxygen atoms in total. The number of rotatable bonds is 1. The zero-order valence-corrected chi connectivity index (χ0v) is 10.3. The van der Waals surface area contributed by atoms with Crippen LogP contribution in [0.3, 0.4) is 0 Å². The van der Waals surface area contributed by atoms with Gasteiger partial charge in [-0.2, -0.15) is 5.10 Å². The summed E-state index contributed by atoms with van der Waals surface area (Å²) < 4.78 is 3.36. The van der Waals surface area contributed by atoms with Gasteiger partial charge in [0.25, 0.3) is 5.56 Å². The molecule has 0 aliphatic carbocycles. The Balaban J connectivity index is 2.37. The number of aromatic nitrogens is 3. The Morgan fingerprint density at radius 1 is 1.11 bits per heavy atom. The van der Waals surface area contributed by atoms with E-state index in [2.05, 4.69) is 5.10 Å². The van der Waals surface area contributed by atoms with E-state index in [4.69, 9.17) is 0 Å². The highest BCUT2D eigenvalue weighted by atomic mass is 16.1. The van der Waals surface area contributed by atoms with E-state index in [0.717, 1.165) is 16.8 Å². The number of benzene rings is 1. The van der Waals surface area contributed by atoms with Crippen molar-refractivity contribution >= 4 is 10.9 Å². The van der Waals surface area contributed by atoms with Gasteiger partial charge >= 0.3 is 0 Å². The van der Waals surface area contributed by atoms with Crippen LogP contribution in [0, 0.1) is 0 Å². The van der Waals surface area contributed by atoms with Crippen LogP contribution in [0.15, 0.2) is 47.4 Å². The van der Waals surface area contributed by atoms with Gasteiger partial charge in [0.2, 0.25) is 0 Å². The van der Waals surface area contributed by atoms with Crippen molar-refractivity contribution in [3.8, 4) is 11.3 Å². The summed E-state index contributed by atoms with van der Waals surface area (Å²) >= 11 is 0. The van der Waals surface area contributed by atoms with Gasteiger partial charge in [-0.1, -0.05) is 30.3 Å². The van der Waals surface area contributed by atoms with Crippen molar-refractivity contribution in [3.63, 3.8) is 0 Å². The van der Waals surface area contributed by atoms with Crippen molar-refractivity contribution < 1.29 is 0 Å². The fourth-order valence-corrected chi connectivity index (χ4v) is 2.20. The minimum atomic E-state index is -0.0646. The predicted octanol–water partition coefficient (Wildman–Crippen LogP) is 1.94. The van der Waals surface area contributed by atoms with Crippen molar-refractivity contribution in [1.82, 2.24) is 14.3 Å². The van der Waals surface area contributed by atoms with Crippen LogP contribution in [-0.2, 0) is 14.1 Å². The Bertz CT molecular complexity index is 769. The average molecular weight is 239 g/mol. The Morgan fingerprint density at radius 2 is 1.83 bits per heavy atom. The molecule has 0 fully saturated rings. The predicted molar refractivity (Wildman–Crippen MR) is 71.4 cm³/mol. The molecule has 2 aromatic heterocycles. The minimum Gasteiger partial charge on any atom is -0.342 e. The fraction of sp³-hybridized carbons (Fsp3) is 0.143. The molecule has 3 aromatic rings. The van der Waals surface area contributed by atoms with Gasteiger partial charge in [-0.05, 0) is 11.6 Å². The van der Waals surface area contributed by atoms with E-state index < -0.39 is 0 Å². The van der Waals surface area contributed by atoms with Crippen molar-refractivity contribution in [2.24, 2.45) is 14.1 Å². The summed E-state index contributed by atoms with van der Waals surface area (Å²) in [6.45, 7) is 0. The van der Waals surface area contributed by atoms with Gasteiger partial charge < -0.3 is 4.57 Å². The highest BCUT2D eigenvalue weighted by Crippen LogP contribution is 2.24. The second kappa shape index (κ2) is 3.84. The molecule has 0 spiro atoms. The van der Waals surface area contributed by atoms with Crippen LogP contribution < -0.4 is 5.56 Å². The van der Waals surface area contributed by atoms with Gasteiger partial charge in [-0.15, -0.1) is 0 Å². The second-order valence-corrected chi connectivity index (χ2v) is 4.33. The lowest BCUT2D eigenvalue weighted by Crippen LogP contribution is -2.18. The van der Waals surface area contributed by atoms with E-state index in [1.165, 1.54) is 4.68 Å². The SMILES string of the molecule is Cn1ncc2c(cc(-c3ccccc3)n2C)c1=O. The quantitative estimate of drug-likeness (QED) is 0.651. The van der Waals surface area contributed by atoms with Gasteiger partial charge in [-0.25, -0.2) is 4.68 Å². The standard InChI is InChI=1S/C14H13N3O/c1-16-12(10-6-4-3-5-7-10)8-11-13(16)9-15-17(2)14(11)18/h3-9H,1-2H3. The largest absolute Gasteiger partial charge is 0.342 e. The molecule has 0 radical (unpaired) electrons. The molecule has 0 aliphatic rings. The molecular formula is C14H13N3O. The summed E-state index contributed by atoms with van der Waals surface area (Å²) in [7, 11) is 3.61. The van der Waals surface area contributed by atoms with Crippen LogP contribution >= 0.6 is 0 Å². The van der Waals surface area contributed by atoms with Gasteiger partial charge in [0, 0.05) is 19.8 Å². The molecule has 1 aromatic carbocycles. The van der Waals surface area contributed by atoms with Gasteiger partial charge in [0.1, 0.15) is 0 Å². The zero-order valence-electron chi connectivity index (χ0n) is 10.3. The molecule has 0 aliphatic heterocycles. The number of nitrogens with zero attached hydrogens (tertiary/aromatic N) is 3. The number of aryl methyl sites for hydroxylation is 2. The number of fused-ring (bicyclic) bond motifs is 1. The van der Waals surface area contributed by atoms with Crippen LogP contribution in [0.1, 0.15) is 0 Å². The summed E-state index contributed by atoms with van der Waals surface area (Å²) in [5.74, 6) is 0. The lowest BCUT2D eigenvalue weighted by molar-refractivity contribution is 0.716. The van der Waals surface area contributed by atoms with Crippen LogP contribution in [0.25, 0.3) is 22.2 Å². The zero-order chi connectivity index (χ0) is 12.7. The Hall–Kier alpha value is -2.36. The van der Waals surface area contributed by atoms with E-state index in [9.17, 15) is 4.79 Å². The molecule has 2 heterocycles. The maximum Gasteiger partial charge on any atom is 0.275 e. The van der Waals surface area contributed by atoms with Crippen LogP contribution in [0.4, 0.5) is 0 Å². The van der Waals surface area contributed by atoms with Crippen molar-refractivity contribution in [2.75, 3.05) is 0 Å². The third-order valence-electron chi connectivity index (χ3n) is 3.23. The average Bonchev–Trinajstić information content (AvgIpc) is 2.73. The Kier molecular flexibility index (Phi) is 2.30. The number of hydrogen-bond acceptors (Lipinski definition) is 2. The van der Waals surface area contributed by atoms with Gasteiger partial charge in [0.15, 0.2) is 0 Å². The third kappa shape index (κ3) is 1.46. The maximum absolute atomic E-state index is 12.0. The summed E-state index contributed by atoms with van der Waals surface area (Å²) in [6.07, 6.45) is 1.73. The maximum atomic E-state index is 12.0. The van der Waals surface area contributed by atoms with Crippen LogP contribution in [0.2, 0.25) is 0 Å². The molecule has 3 rings (SSSR count). The topological polar surface area (TPSA) is 39.8 Å². The smallest absolute Gasteiger partial charge is 0.275 e. The van der Waals surface area contributed by atoms with Crippen molar-refractivity contribution in [1.29, 1.82) is 0 Å². The molecule has 0 saturated heterocycles. The molecule has 0 atom stereocenters. The highest BCUT2D eigenvalue weighted by molar-refractivity contribution is 5.85. The van der Waals surface area contributed by atoms with E-state index in [1.807, 2.05) is 48.0 Å². The molecule has 0 amide bonds. The van der Waals surface area contributed by atoms with E-state index >= 15 is 0 Å². The molecule has 90 valence electrons. The van der Waals surface area contributed by atoms with Crippen molar-refractivity contribution in [3.05, 3.63) is 52.9 Å². The summed E-state index contributed by atoms with van der Waals surface area (Å²) in [4.78, 5) is 12.0. The first-order valence-electron chi connectivity index (χ1n) is 5.75. The molecule has 0 saturated carbocycles. The summed E-state index contributed by atoms with van der Waals surface area (Å²) in [5.41, 5.74) is 2.91.